The van der Waals surface area contributed by atoms with E-state index >= 15 is 0 Å². The number of aryl methyl sites for hydroxylation is 2. The van der Waals surface area contributed by atoms with Gasteiger partial charge >= 0.3 is 0 Å². The number of nitrogens with one attached hydrogen (secondary N) is 2. The lowest BCUT2D eigenvalue weighted by molar-refractivity contribution is 0.698. The van der Waals surface area contributed by atoms with Gasteiger partial charge in [0, 0.05) is 38.9 Å². The molecule has 2 rings (SSSR count). The predicted octanol–water partition coefficient (Wildman–Crippen LogP) is 2.82. The van der Waals surface area contributed by atoms with Gasteiger partial charge in [0.1, 0.15) is 0 Å². The Morgan fingerprint density at radius 2 is 1.96 bits per heavy atom. The van der Waals surface area contributed by atoms with Crippen LogP contribution in [-0.2, 0) is 13.6 Å². The molecule has 2 N–H and O–H groups in total. The number of aliphatic imine (C=N–C) groups is 1. The molecule has 6 heteroatoms. The highest BCUT2D eigenvalue weighted by atomic mass is 127. The summed E-state index contributed by atoms with van der Waals surface area (Å²) < 4.78 is 1.80. The molecule has 0 saturated carbocycles. The molecule has 1 atom stereocenters. The van der Waals surface area contributed by atoms with Gasteiger partial charge < -0.3 is 10.6 Å². The Kier molecular flexibility index (Phi) is 8.08. The number of aromatic nitrogens is 2. The summed E-state index contributed by atoms with van der Waals surface area (Å²) in [6, 6.07) is 8.68. The molecular weight excluding hydrogens is 401 g/mol. The van der Waals surface area contributed by atoms with Gasteiger partial charge in [0.15, 0.2) is 5.96 Å². The van der Waals surface area contributed by atoms with E-state index in [4.69, 9.17) is 0 Å². The van der Waals surface area contributed by atoms with E-state index in [1.54, 1.807) is 11.7 Å². The van der Waals surface area contributed by atoms with Gasteiger partial charge in [-0.05, 0) is 18.4 Å². The maximum absolute atomic E-state index is 4.26. The Morgan fingerprint density at radius 3 is 2.52 bits per heavy atom. The molecule has 0 bridgehead atoms. The van der Waals surface area contributed by atoms with Crippen molar-refractivity contribution >= 4 is 29.9 Å². The quantitative estimate of drug-likeness (QED) is 0.439. The Morgan fingerprint density at radius 1 is 1.26 bits per heavy atom. The predicted molar refractivity (Wildman–Crippen MR) is 106 cm³/mol. The highest BCUT2D eigenvalue weighted by Crippen LogP contribution is 2.14. The van der Waals surface area contributed by atoms with E-state index in [0.717, 1.165) is 18.1 Å². The molecule has 1 unspecified atom stereocenters. The summed E-state index contributed by atoms with van der Waals surface area (Å²) >= 11 is 0. The molecule has 0 aliphatic heterocycles. The molecule has 0 radical (unpaired) electrons. The first-order chi connectivity index (χ1) is 10.6. The van der Waals surface area contributed by atoms with Crippen LogP contribution in [0.3, 0.4) is 0 Å². The number of rotatable bonds is 5. The molecule has 1 aromatic heterocycles. The van der Waals surface area contributed by atoms with Crippen molar-refractivity contribution in [1.29, 1.82) is 0 Å². The van der Waals surface area contributed by atoms with Crippen molar-refractivity contribution in [2.45, 2.75) is 26.3 Å². The van der Waals surface area contributed by atoms with E-state index in [0.29, 0.717) is 12.5 Å². The van der Waals surface area contributed by atoms with Crippen molar-refractivity contribution < 1.29 is 0 Å². The minimum Gasteiger partial charge on any atom is -0.356 e. The van der Waals surface area contributed by atoms with Gasteiger partial charge in [-0.15, -0.1) is 24.0 Å². The monoisotopic (exact) mass is 427 g/mol. The van der Waals surface area contributed by atoms with E-state index in [1.165, 1.54) is 11.1 Å². The average molecular weight is 427 g/mol. The van der Waals surface area contributed by atoms with Crippen LogP contribution in [0.1, 0.15) is 29.5 Å². The fourth-order valence-electron chi connectivity index (χ4n) is 2.23. The lowest BCUT2D eigenvalue weighted by atomic mass is 10.0. The third kappa shape index (κ3) is 6.21. The highest BCUT2D eigenvalue weighted by Gasteiger charge is 2.06. The summed E-state index contributed by atoms with van der Waals surface area (Å²) in [5, 5.41) is 10.8. The van der Waals surface area contributed by atoms with Crippen LogP contribution in [0.25, 0.3) is 0 Å². The lowest BCUT2D eigenvalue weighted by Crippen LogP contribution is -2.38. The molecule has 0 saturated heterocycles. The molecule has 23 heavy (non-hydrogen) atoms. The van der Waals surface area contributed by atoms with Gasteiger partial charge in [-0.25, -0.2) is 0 Å². The molecule has 126 valence electrons. The zero-order valence-electron chi connectivity index (χ0n) is 14.2. The summed E-state index contributed by atoms with van der Waals surface area (Å²) in [7, 11) is 3.70. The molecule has 1 heterocycles. The molecule has 5 nitrogen and oxygen atoms in total. The van der Waals surface area contributed by atoms with Crippen LogP contribution in [0.5, 0.6) is 0 Å². The van der Waals surface area contributed by atoms with Crippen LogP contribution in [0.2, 0.25) is 0 Å². The maximum Gasteiger partial charge on any atom is 0.191 e. The molecular formula is C17H26IN5. The standard InChI is InChI=1S/C17H25N5.HI/c1-13-5-7-16(8-6-13)14(2)9-19-17(18-3)20-10-15-11-21-22(4)12-15;/h5-8,11-12,14H,9-10H2,1-4H3,(H2,18,19,20);1H. The Labute approximate surface area is 155 Å². The van der Waals surface area contributed by atoms with Gasteiger partial charge in [0.25, 0.3) is 0 Å². The third-order valence-electron chi connectivity index (χ3n) is 3.66. The number of benzene rings is 1. The minimum absolute atomic E-state index is 0. The zero-order valence-corrected chi connectivity index (χ0v) is 16.5. The van der Waals surface area contributed by atoms with Crippen LogP contribution in [0.15, 0.2) is 41.7 Å². The van der Waals surface area contributed by atoms with Crippen LogP contribution in [-0.4, -0.2) is 29.3 Å². The highest BCUT2D eigenvalue weighted by molar-refractivity contribution is 14.0. The fourth-order valence-corrected chi connectivity index (χ4v) is 2.23. The SMILES string of the molecule is CN=C(NCc1cnn(C)c1)NCC(C)c1ccc(C)cc1.I. The van der Waals surface area contributed by atoms with Crippen molar-refractivity contribution in [3.05, 3.63) is 53.3 Å². The van der Waals surface area contributed by atoms with Gasteiger partial charge in [0.05, 0.1) is 6.20 Å². The number of hydrogen-bond acceptors (Lipinski definition) is 2. The first-order valence-corrected chi connectivity index (χ1v) is 7.57. The van der Waals surface area contributed by atoms with Gasteiger partial charge in [-0.1, -0.05) is 36.8 Å². The minimum atomic E-state index is 0. The first kappa shape index (κ1) is 19.5. The van der Waals surface area contributed by atoms with Crippen molar-refractivity contribution in [2.75, 3.05) is 13.6 Å². The molecule has 1 aromatic carbocycles. The number of halogens is 1. The van der Waals surface area contributed by atoms with Crippen LogP contribution in [0.4, 0.5) is 0 Å². The molecule has 2 aromatic rings. The topological polar surface area (TPSA) is 54.2 Å². The van der Waals surface area contributed by atoms with Gasteiger partial charge in [-0.2, -0.15) is 5.10 Å². The second-order valence-electron chi connectivity index (χ2n) is 5.64. The van der Waals surface area contributed by atoms with Crippen molar-refractivity contribution in [1.82, 2.24) is 20.4 Å². The van der Waals surface area contributed by atoms with Crippen LogP contribution in [0, 0.1) is 6.92 Å². The Hall–Kier alpha value is -1.57. The summed E-state index contributed by atoms with van der Waals surface area (Å²) in [6.45, 7) is 5.88. The molecule has 0 aliphatic rings. The maximum atomic E-state index is 4.26. The number of guanidine groups is 1. The molecule has 0 fully saturated rings. The molecule has 0 amide bonds. The zero-order chi connectivity index (χ0) is 15.9. The summed E-state index contributed by atoms with van der Waals surface area (Å²) in [4.78, 5) is 4.26. The Bertz CT molecular complexity index is 618. The smallest absolute Gasteiger partial charge is 0.191 e. The number of nitrogens with zero attached hydrogens (tertiary/aromatic N) is 3. The summed E-state index contributed by atoms with van der Waals surface area (Å²) in [6.07, 6.45) is 3.85. The largest absolute Gasteiger partial charge is 0.356 e. The van der Waals surface area contributed by atoms with Gasteiger partial charge in [0.2, 0.25) is 0 Å². The van der Waals surface area contributed by atoms with Crippen molar-refractivity contribution in [3.8, 4) is 0 Å². The van der Waals surface area contributed by atoms with E-state index in [9.17, 15) is 0 Å². The lowest BCUT2D eigenvalue weighted by Gasteiger charge is -2.16. The first-order valence-electron chi connectivity index (χ1n) is 7.57. The van der Waals surface area contributed by atoms with Crippen molar-refractivity contribution in [2.24, 2.45) is 12.0 Å². The van der Waals surface area contributed by atoms with Gasteiger partial charge in [-0.3, -0.25) is 9.67 Å². The average Bonchev–Trinajstić information content (AvgIpc) is 2.93. The van der Waals surface area contributed by atoms with E-state index in [-0.39, 0.29) is 24.0 Å². The Balaban J connectivity index is 0.00000264. The normalized spacial score (nSPS) is 12.4. The van der Waals surface area contributed by atoms with Crippen molar-refractivity contribution in [3.63, 3.8) is 0 Å². The summed E-state index contributed by atoms with van der Waals surface area (Å²) in [5.41, 5.74) is 3.76. The van der Waals surface area contributed by atoms with E-state index in [2.05, 4.69) is 58.8 Å². The fraction of sp³-hybridized carbons (Fsp3) is 0.412. The second-order valence-corrected chi connectivity index (χ2v) is 5.64. The number of hydrogen-bond donors (Lipinski definition) is 2. The molecule has 0 aliphatic carbocycles. The van der Waals surface area contributed by atoms with E-state index < -0.39 is 0 Å². The third-order valence-corrected chi connectivity index (χ3v) is 3.66. The second kappa shape index (κ2) is 9.54. The summed E-state index contributed by atoms with van der Waals surface area (Å²) in [5.74, 6) is 1.24. The molecule has 0 spiro atoms. The van der Waals surface area contributed by atoms with Crippen LogP contribution < -0.4 is 10.6 Å². The van der Waals surface area contributed by atoms with E-state index in [1.807, 2.05) is 19.4 Å². The van der Waals surface area contributed by atoms with Crippen LogP contribution >= 0.6 is 24.0 Å².